The smallest absolute Gasteiger partial charge is 0.309 e. The molecule has 0 radical (unpaired) electrons. The lowest BCUT2D eigenvalue weighted by Crippen LogP contribution is -2.49. The normalized spacial score (nSPS) is 28.0. The molecule has 1 aliphatic carbocycles. The summed E-state index contributed by atoms with van der Waals surface area (Å²) in [6.07, 6.45) is 1.62. The fourth-order valence-corrected chi connectivity index (χ4v) is 3.23. The topological polar surface area (TPSA) is 63.6 Å². The Morgan fingerprint density at radius 3 is 2.24 bits per heavy atom. The van der Waals surface area contributed by atoms with Crippen molar-refractivity contribution in [1.82, 2.24) is 0 Å². The second kappa shape index (κ2) is 5.62. The quantitative estimate of drug-likeness (QED) is 0.800. The van der Waals surface area contributed by atoms with E-state index < -0.39 is 17.4 Å². The molecule has 122 valence electrons. The molecule has 0 spiro atoms. The van der Waals surface area contributed by atoms with Crippen LogP contribution in [0.3, 0.4) is 0 Å². The highest BCUT2D eigenvalue weighted by Gasteiger charge is 2.48. The van der Waals surface area contributed by atoms with Crippen LogP contribution >= 0.6 is 0 Å². The molecule has 1 fully saturated rings. The van der Waals surface area contributed by atoms with Crippen LogP contribution in [0, 0.1) is 22.2 Å². The number of rotatable bonds is 4. The third kappa shape index (κ3) is 3.78. The van der Waals surface area contributed by atoms with Gasteiger partial charge in [0.2, 0.25) is 0 Å². The molecule has 0 bridgehead atoms. The zero-order valence-corrected chi connectivity index (χ0v) is 14.4. The van der Waals surface area contributed by atoms with Gasteiger partial charge in [0.05, 0.1) is 11.8 Å². The van der Waals surface area contributed by atoms with Crippen LogP contribution in [0.5, 0.6) is 0 Å². The van der Waals surface area contributed by atoms with Crippen LogP contribution in [0.1, 0.15) is 67.7 Å². The van der Waals surface area contributed by atoms with Gasteiger partial charge in [0.25, 0.3) is 0 Å². The van der Waals surface area contributed by atoms with E-state index in [9.17, 15) is 9.59 Å². The maximum atomic E-state index is 12.1. The van der Waals surface area contributed by atoms with E-state index in [4.69, 9.17) is 9.84 Å². The number of carboxylic acid groups (broad SMARTS) is 1. The summed E-state index contributed by atoms with van der Waals surface area (Å²) in [7, 11) is 0. The van der Waals surface area contributed by atoms with Gasteiger partial charge in [-0.05, 0) is 38.0 Å². The SMILES string of the molecule is CC1C(C)(C)CCC(OC(=O)CC(C)(C)C(=O)O)C1(C)C. The largest absolute Gasteiger partial charge is 0.481 e. The third-order valence-electron chi connectivity index (χ3n) is 5.61. The zero-order valence-electron chi connectivity index (χ0n) is 14.4. The Labute approximate surface area is 128 Å². The summed E-state index contributed by atoms with van der Waals surface area (Å²) in [6, 6.07) is 0. The first-order chi connectivity index (χ1) is 9.30. The molecule has 4 heteroatoms. The minimum absolute atomic E-state index is 0.0906. The monoisotopic (exact) mass is 298 g/mol. The van der Waals surface area contributed by atoms with Crippen LogP contribution in [-0.2, 0) is 14.3 Å². The summed E-state index contributed by atoms with van der Waals surface area (Å²) in [5, 5.41) is 9.10. The molecule has 1 saturated carbocycles. The van der Waals surface area contributed by atoms with E-state index in [1.165, 1.54) is 0 Å². The molecular formula is C17H30O4. The molecule has 0 aromatic carbocycles. The van der Waals surface area contributed by atoms with Gasteiger partial charge in [-0.1, -0.05) is 34.6 Å². The van der Waals surface area contributed by atoms with Gasteiger partial charge < -0.3 is 9.84 Å². The van der Waals surface area contributed by atoms with E-state index >= 15 is 0 Å². The lowest BCUT2D eigenvalue weighted by atomic mass is 9.57. The van der Waals surface area contributed by atoms with Crippen LogP contribution in [-0.4, -0.2) is 23.1 Å². The van der Waals surface area contributed by atoms with Crippen molar-refractivity contribution in [3.8, 4) is 0 Å². The standard InChI is InChI=1S/C17H30O4/c1-11-15(2,3)9-8-12(17(11,6)7)21-13(18)10-16(4,5)14(19)20/h11-12H,8-10H2,1-7H3,(H,19,20). The zero-order chi connectivity index (χ0) is 16.6. The summed E-state index contributed by atoms with van der Waals surface area (Å²) in [4.78, 5) is 23.2. The number of esters is 1. The van der Waals surface area contributed by atoms with Gasteiger partial charge in [-0.25, -0.2) is 0 Å². The van der Waals surface area contributed by atoms with Crippen molar-refractivity contribution in [3.05, 3.63) is 0 Å². The molecule has 0 aromatic rings. The Hall–Kier alpha value is -1.06. The van der Waals surface area contributed by atoms with Crippen molar-refractivity contribution in [3.63, 3.8) is 0 Å². The second-order valence-electron chi connectivity index (χ2n) is 8.41. The Morgan fingerprint density at radius 1 is 1.24 bits per heavy atom. The maximum absolute atomic E-state index is 12.1. The van der Waals surface area contributed by atoms with Crippen LogP contribution in [0.25, 0.3) is 0 Å². The highest BCUT2D eigenvalue weighted by molar-refractivity contribution is 5.81. The maximum Gasteiger partial charge on any atom is 0.309 e. The van der Waals surface area contributed by atoms with Crippen LogP contribution in [0.4, 0.5) is 0 Å². The van der Waals surface area contributed by atoms with Crippen molar-refractivity contribution in [2.45, 2.75) is 73.8 Å². The number of carboxylic acids is 1. The van der Waals surface area contributed by atoms with Gasteiger partial charge in [0.15, 0.2) is 0 Å². The number of aliphatic carboxylic acids is 1. The van der Waals surface area contributed by atoms with Crippen LogP contribution in [0.2, 0.25) is 0 Å². The molecule has 0 heterocycles. The summed E-state index contributed by atoms with van der Waals surface area (Å²) in [5.74, 6) is -0.965. The highest BCUT2D eigenvalue weighted by atomic mass is 16.5. The van der Waals surface area contributed by atoms with E-state index in [1.807, 2.05) is 0 Å². The average Bonchev–Trinajstić information content (AvgIpc) is 2.30. The van der Waals surface area contributed by atoms with Crippen LogP contribution in [0.15, 0.2) is 0 Å². The van der Waals surface area contributed by atoms with Crippen LogP contribution < -0.4 is 0 Å². The van der Waals surface area contributed by atoms with Gasteiger partial charge >= 0.3 is 11.9 Å². The molecule has 0 saturated heterocycles. The second-order valence-corrected chi connectivity index (χ2v) is 8.41. The van der Waals surface area contributed by atoms with E-state index in [-0.39, 0.29) is 23.4 Å². The van der Waals surface area contributed by atoms with Crippen molar-refractivity contribution in [1.29, 1.82) is 0 Å². The highest BCUT2D eigenvalue weighted by Crippen LogP contribution is 2.51. The number of hydrogen-bond donors (Lipinski definition) is 1. The fourth-order valence-electron chi connectivity index (χ4n) is 3.23. The lowest BCUT2D eigenvalue weighted by molar-refractivity contribution is -0.173. The minimum Gasteiger partial charge on any atom is -0.481 e. The molecule has 0 aliphatic heterocycles. The molecule has 2 unspecified atom stereocenters. The first-order valence-electron chi connectivity index (χ1n) is 7.73. The number of carbonyl (C=O) groups is 2. The van der Waals surface area contributed by atoms with Gasteiger partial charge in [-0.2, -0.15) is 0 Å². The molecule has 2 atom stereocenters. The molecule has 0 aromatic heterocycles. The molecule has 4 nitrogen and oxygen atoms in total. The van der Waals surface area contributed by atoms with Crippen molar-refractivity contribution >= 4 is 11.9 Å². The summed E-state index contributed by atoms with van der Waals surface area (Å²) in [5.41, 5.74) is -0.960. The molecule has 1 aliphatic rings. The lowest BCUT2D eigenvalue weighted by Gasteiger charge is -2.51. The predicted octanol–water partition coefficient (Wildman–Crippen LogP) is 3.88. The molecular weight excluding hydrogens is 268 g/mol. The van der Waals surface area contributed by atoms with E-state index in [0.717, 1.165) is 12.8 Å². The summed E-state index contributed by atoms with van der Waals surface area (Å²) in [6.45, 7) is 14.1. The van der Waals surface area contributed by atoms with E-state index in [2.05, 4.69) is 34.6 Å². The Kier molecular flexibility index (Phi) is 4.81. The predicted molar refractivity (Wildman–Crippen MR) is 81.9 cm³/mol. The molecule has 1 N–H and O–H groups in total. The van der Waals surface area contributed by atoms with Gasteiger partial charge in [-0.3, -0.25) is 9.59 Å². The third-order valence-corrected chi connectivity index (χ3v) is 5.61. The molecule has 21 heavy (non-hydrogen) atoms. The van der Waals surface area contributed by atoms with E-state index in [1.54, 1.807) is 13.8 Å². The summed E-state index contributed by atoms with van der Waals surface area (Å²) < 4.78 is 5.65. The number of hydrogen-bond acceptors (Lipinski definition) is 3. The Balaban J connectivity index is 2.76. The van der Waals surface area contributed by atoms with Gasteiger partial charge in [0, 0.05) is 5.41 Å². The summed E-state index contributed by atoms with van der Waals surface area (Å²) >= 11 is 0. The Morgan fingerprint density at radius 2 is 1.76 bits per heavy atom. The average molecular weight is 298 g/mol. The number of ether oxygens (including phenoxy) is 1. The first kappa shape index (κ1) is 18.0. The van der Waals surface area contributed by atoms with Gasteiger partial charge in [0.1, 0.15) is 6.10 Å². The molecule has 1 rings (SSSR count). The first-order valence-corrected chi connectivity index (χ1v) is 7.73. The molecule has 0 amide bonds. The Bertz CT molecular complexity index is 421. The van der Waals surface area contributed by atoms with Crippen molar-refractivity contribution in [2.24, 2.45) is 22.2 Å². The van der Waals surface area contributed by atoms with Crippen molar-refractivity contribution in [2.75, 3.05) is 0 Å². The number of carbonyl (C=O) groups excluding carboxylic acids is 1. The minimum atomic E-state index is -1.08. The van der Waals surface area contributed by atoms with Gasteiger partial charge in [-0.15, -0.1) is 0 Å². The van der Waals surface area contributed by atoms with Crippen molar-refractivity contribution < 1.29 is 19.4 Å². The van der Waals surface area contributed by atoms with E-state index in [0.29, 0.717) is 5.92 Å². The fraction of sp³-hybridized carbons (Fsp3) is 0.882.